The van der Waals surface area contributed by atoms with Crippen LogP contribution in [0.15, 0.2) is 54.6 Å². The molecule has 1 amide bonds. The van der Waals surface area contributed by atoms with E-state index in [1.165, 1.54) is 11.1 Å². The van der Waals surface area contributed by atoms with Crippen LogP contribution in [-0.2, 0) is 11.2 Å². The zero-order chi connectivity index (χ0) is 17.6. The molecule has 1 aliphatic rings. The molecule has 25 heavy (non-hydrogen) atoms. The second kappa shape index (κ2) is 8.28. The highest BCUT2D eigenvalue weighted by Crippen LogP contribution is 2.16. The Bertz CT molecular complexity index is 676. The molecule has 3 rings (SSSR count). The van der Waals surface area contributed by atoms with Gasteiger partial charge in [-0.15, -0.1) is 0 Å². The molecule has 2 N–H and O–H groups in total. The fourth-order valence-corrected chi connectivity index (χ4v) is 3.24. The van der Waals surface area contributed by atoms with Gasteiger partial charge in [-0.05, 0) is 24.5 Å². The van der Waals surface area contributed by atoms with Crippen LogP contribution < -0.4 is 5.73 Å². The minimum atomic E-state index is -0.559. The number of hydrogen-bond acceptors (Lipinski definition) is 3. The van der Waals surface area contributed by atoms with E-state index < -0.39 is 6.04 Å². The highest BCUT2D eigenvalue weighted by Gasteiger charge is 2.25. The first-order valence-electron chi connectivity index (χ1n) is 9.01. The van der Waals surface area contributed by atoms with Gasteiger partial charge in [-0.1, -0.05) is 60.2 Å². The highest BCUT2D eigenvalue weighted by molar-refractivity contribution is 5.83. The van der Waals surface area contributed by atoms with Crippen LogP contribution in [0.3, 0.4) is 0 Å². The van der Waals surface area contributed by atoms with Gasteiger partial charge in [-0.2, -0.15) is 0 Å². The number of aryl methyl sites for hydroxylation is 1. The summed E-state index contributed by atoms with van der Waals surface area (Å²) in [5, 5.41) is 0. The zero-order valence-corrected chi connectivity index (χ0v) is 14.9. The second-order valence-electron chi connectivity index (χ2n) is 6.79. The average Bonchev–Trinajstić information content (AvgIpc) is 2.67. The first-order chi connectivity index (χ1) is 12.1. The predicted molar refractivity (Wildman–Crippen MR) is 101 cm³/mol. The molecule has 132 valence electrons. The molecule has 1 atom stereocenters. The van der Waals surface area contributed by atoms with Crippen LogP contribution in [0.25, 0.3) is 0 Å². The maximum absolute atomic E-state index is 12.7. The van der Waals surface area contributed by atoms with Crippen molar-refractivity contribution in [1.82, 2.24) is 9.80 Å². The molecule has 2 aromatic carbocycles. The fourth-order valence-electron chi connectivity index (χ4n) is 3.24. The van der Waals surface area contributed by atoms with Crippen molar-refractivity contribution >= 4 is 5.91 Å². The van der Waals surface area contributed by atoms with Crippen LogP contribution >= 0.6 is 0 Å². The molecule has 1 saturated heterocycles. The molecule has 0 radical (unpaired) electrons. The van der Waals surface area contributed by atoms with E-state index in [4.69, 9.17) is 5.73 Å². The Morgan fingerprint density at radius 2 is 1.64 bits per heavy atom. The summed E-state index contributed by atoms with van der Waals surface area (Å²) in [6, 6.07) is 17.9. The Morgan fingerprint density at radius 3 is 2.28 bits per heavy atom. The standard InChI is InChI=1S/C21H27N3O/c1-17-7-9-19(10-8-17)20(22)21(25)24-15-13-23(14-16-24)12-11-18-5-3-2-4-6-18/h2-10,20H,11-16,22H2,1H3. The van der Waals surface area contributed by atoms with Crippen molar-refractivity contribution in [2.75, 3.05) is 32.7 Å². The van der Waals surface area contributed by atoms with Crippen molar-refractivity contribution < 1.29 is 4.79 Å². The molecule has 4 nitrogen and oxygen atoms in total. The minimum absolute atomic E-state index is 0.0339. The first-order valence-corrected chi connectivity index (χ1v) is 9.01. The van der Waals surface area contributed by atoms with Crippen LogP contribution in [-0.4, -0.2) is 48.4 Å². The highest BCUT2D eigenvalue weighted by atomic mass is 16.2. The van der Waals surface area contributed by atoms with E-state index in [0.717, 1.165) is 44.7 Å². The Hall–Kier alpha value is -2.17. The molecule has 1 aliphatic heterocycles. The third-order valence-corrected chi connectivity index (χ3v) is 4.95. The van der Waals surface area contributed by atoms with E-state index in [2.05, 4.69) is 29.2 Å². The Morgan fingerprint density at radius 1 is 1.00 bits per heavy atom. The summed E-state index contributed by atoms with van der Waals surface area (Å²) in [6.07, 6.45) is 1.05. The zero-order valence-electron chi connectivity index (χ0n) is 14.9. The van der Waals surface area contributed by atoms with Crippen molar-refractivity contribution in [3.8, 4) is 0 Å². The van der Waals surface area contributed by atoms with Crippen molar-refractivity contribution in [1.29, 1.82) is 0 Å². The van der Waals surface area contributed by atoms with E-state index in [0.29, 0.717) is 0 Å². The van der Waals surface area contributed by atoms with E-state index >= 15 is 0 Å². The van der Waals surface area contributed by atoms with Crippen molar-refractivity contribution in [3.05, 3.63) is 71.3 Å². The molecule has 0 saturated carbocycles. The van der Waals surface area contributed by atoms with Crippen LogP contribution in [0.5, 0.6) is 0 Å². The average molecular weight is 337 g/mol. The van der Waals surface area contributed by atoms with Crippen LogP contribution in [0.4, 0.5) is 0 Å². The van der Waals surface area contributed by atoms with Crippen molar-refractivity contribution in [2.45, 2.75) is 19.4 Å². The topological polar surface area (TPSA) is 49.6 Å². The van der Waals surface area contributed by atoms with E-state index in [9.17, 15) is 4.79 Å². The van der Waals surface area contributed by atoms with Gasteiger partial charge in [0.15, 0.2) is 0 Å². The molecule has 0 bridgehead atoms. The fraction of sp³-hybridized carbons (Fsp3) is 0.381. The van der Waals surface area contributed by atoms with Gasteiger partial charge in [0.25, 0.3) is 0 Å². The number of carbonyl (C=O) groups is 1. The maximum Gasteiger partial charge on any atom is 0.244 e. The third kappa shape index (κ3) is 4.68. The lowest BCUT2D eigenvalue weighted by Crippen LogP contribution is -2.51. The predicted octanol–water partition coefficient (Wildman–Crippen LogP) is 2.38. The van der Waals surface area contributed by atoms with Crippen molar-refractivity contribution in [3.63, 3.8) is 0 Å². The summed E-state index contributed by atoms with van der Waals surface area (Å²) in [5.41, 5.74) is 9.61. The van der Waals surface area contributed by atoms with Gasteiger partial charge in [0, 0.05) is 32.7 Å². The number of nitrogens with zero attached hydrogens (tertiary/aromatic N) is 2. The molecule has 4 heteroatoms. The van der Waals surface area contributed by atoms with Gasteiger partial charge in [0.2, 0.25) is 5.91 Å². The Labute approximate surface area is 150 Å². The van der Waals surface area contributed by atoms with E-state index in [1.54, 1.807) is 0 Å². The third-order valence-electron chi connectivity index (χ3n) is 4.95. The second-order valence-corrected chi connectivity index (χ2v) is 6.79. The number of carbonyl (C=O) groups excluding carboxylic acids is 1. The lowest BCUT2D eigenvalue weighted by molar-refractivity contribution is -0.134. The normalized spacial score (nSPS) is 16.6. The molecule has 1 fully saturated rings. The van der Waals surface area contributed by atoms with Gasteiger partial charge in [-0.3, -0.25) is 9.69 Å². The molecular formula is C21H27N3O. The number of amides is 1. The molecule has 0 spiro atoms. The molecule has 1 heterocycles. The number of nitrogens with two attached hydrogens (primary N) is 1. The summed E-state index contributed by atoms with van der Waals surface area (Å²) in [4.78, 5) is 17.0. The van der Waals surface area contributed by atoms with Gasteiger partial charge < -0.3 is 10.6 Å². The van der Waals surface area contributed by atoms with Crippen molar-refractivity contribution in [2.24, 2.45) is 5.73 Å². The lowest BCUT2D eigenvalue weighted by Gasteiger charge is -2.36. The summed E-state index contributed by atoms with van der Waals surface area (Å²) in [7, 11) is 0. The van der Waals surface area contributed by atoms with Crippen LogP contribution in [0.1, 0.15) is 22.7 Å². The number of piperazine rings is 1. The molecule has 0 aromatic heterocycles. The Kier molecular flexibility index (Phi) is 5.84. The van der Waals surface area contributed by atoms with Gasteiger partial charge >= 0.3 is 0 Å². The molecule has 1 unspecified atom stereocenters. The van der Waals surface area contributed by atoms with E-state index in [1.807, 2.05) is 42.2 Å². The lowest BCUT2D eigenvalue weighted by atomic mass is 10.0. The smallest absolute Gasteiger partial charge is 0.244 e. The molecular weight excluding hydrogens is 310 g/mol. The SMILES string of the molecule is Cc1ccc(C(N)C(=O)N2CCN(CCc3ccccc3)CC2)cc1. The molecule has 2 aromatic rings. The number of benzene rings is 2. The number of hydrogen-bond donors (Lipinski definition) is 1. The quantitative estimate of drug-likeness (QED) is 0.911. The molecule has 0 aliphatic carbocycles. The Balaban J connectivity index is 1.48. The minimum Gasteiger partial charge on any atom is -0.338 e. The van der Waals surface area contributed by atoms with Crippen LogP contribution in [0.2, 0.25) is 0 Å². The van der Waals surface area contributed by atoms with E-state index in [-0.39, 0.29) is 5.91 Å². The number of rotatable bonds is 5. The van der Waals surface area contributed by atoms with Gasteiger partial charge in [0.1, 0.15) is 6.04 Å². The van der Waals surface area contributed by atoms with Gasteiger partial charge in [-0.25, -0.2) is 0 Å². The van der Waals surface area contributed by atoms with Gasteiger partial charge in [0.05, 0.1) is 0 Å². The monoisotopic (exact) mass is 337 g/mol. The largest absolute Gasteiger partial charge is 0.338 e. The summed E-state index contributed by atoms with van der Waals surface area (Å²) in [6.45, 7) is 6.42. The summed E-state index contributed by atoms with van der Waals surface area (Å²) < 4.78 is 0. The maximum atomic E-state index is 12.7. The summed E-state index contributed by atoms with van der Waals surface area (Å²) >= 11 is 0. The summed E-state index contributed by atoms with van der Waals surface area (Å²) in [5.74, 6) is 0.0339. The van der Waals surface area contributed by atoms with Crippen LogP contribution in [0, 0.1) is 6.92 Å². The first kappa shape index (κ1) is 17.6.